The van der Waals surface area contributed by atoms with Gasteiger partial charge in [0.2, 0.25) is 11.8 Å². The Labute approximate surface area is 194 Å². The third-order valence-corrected chi connectivity index (χ3v) is 6.18. The Morgan fingerprint density at radius 2 is 2.00 bits per heavy atom. The Morgan fingerprint density at radius 3 is 2.73 bits per heavy atom. The van der Waals surface area contributed by atoms with Crippen molar-refractivity contribution in [1.29, 1.82) is 0 Å². The van der Waals surface area contributed by atoms with Crippen molar-refractivity contribution in [1.82, 2.24) is 24.5 Å². The van der Waals surface area contributed by atoms with Gasteiger partial charge in [-0.15, -0.1) is 5.10 Å². The summed E-state index contributed by atoms with van der Waals surface area (Å²) in [6.07, 6.45) is 9.23. The molecule has 1 aliphatic rings. The van der Waals surface area contributed by atoms with Crippen LogP contribution >= 0.6 is 0 Å². The topological polar surface area (TPSA) is 62.7 Å². The summed E-state index contributed by atoms with van der Waals surface area (Å²) in [5.41, 5.74) is 4.66. The molecule has 0 spiro atoms. The van der Waals surface area contributed by atoms with Gasteiger partial charge in [-0.25, -0.2) is 9.97 Å². The van der Waals surface area contributed by atoms with Crippen LogP contribution < -0.4 is 4.90 Å². The molecule has 3 aromatic heterocycles. The van der Waals surface area contributed by atoms with Gasteiger partial charge in [-0.1, -0.05) is 49.8 Å². The maximum absolute atomic E-state index is 5.57. The molecule has 0 bridgehead atoms. The predicted octanol–water partition coefficient (Wildman–Crippen LogP) is 4.91. The van der Waals surface area contributed by atoms with E-state index in [0.717, 1.165) is 62.6 Å². The van der Waals surface area contributed by atoms with Crippen molar-refractivity contribution in [3.05, 3.63) is 72.1 Å². The fourth-order valence-corrected chi connectivity index (χ4v) is 4.29. The number of unbranched alkanes of at least 4 members (excludes halogenated alkanes) is 1. The number of rotatable bonds is 8. The van der Waals surface area contributed by atoms with Crippen molar-refractivity contribution >= 4 is 17.2 Å². The fraction of sp³-hybridized carbons (Fsp3) is 0.346. The lowest BCUT2D eigenvalue weighted by molar-refractivity contribution is 0.294. The van der Waals surface area contributed by atoms with Gasteiger partial charge in [-0.05, 0) is 36.1 Å². The lowest BCUT2D eigenvalue weighted by atomic mass is 9.99. The van der Waals surface area contributed by atoms with E-state index >= 15 is 0 Å². The molecule has 0 fully saturated rings. The monoisotopic (exact) mass is 442 g/mol. The second-order valence-corrected chi connectivity index (χ2v) is 8.59. The molecule has 7 nitrogen and oxygen atoms in total. The standard InChI is InChI=1S/C26H30N6O/c1-3-4-14-30(2)26-27-18-22(25-28-24(29-32(25)26)23-11-8-17-33-23)19-31-15-12-21(13-16-31)20-9-6-5-7-10-20/h5-12,17-18H,3-4,13-16,19H2,1-2H3. The number of benzene rings is 1. The first-order valence-corrected chi connectivity index (χ1v) is 11.7. The summed E-state index contributed by atoms with van der Waals surface area (Å²) in [6.45, 7) is 5.82. The molecule has 0 unspecified atom stereocenters. The minimum absolute atomic E-state index is 0.587. The zero-order chi connectivity index (χ0) is 22.6. The number of hydrogen-bond donors (Lipinski definition) is 0. The van der Waals surface area contributed by atoms with Crippen molar-refractivity contribution in [2.45, 2.75) is 32.7 Å². The minimum atomic E-state index is 0.587. The van der Waals surface area contributed by atoms with Crippen molar-refractivity contribution in [3.8, 4) is 11.6 Å². The first kappa shape index (κ1) is 21.4. The van der Waals surface area contributed by atoms with Gasteiger partial charge in [-0.2, -0.15) is 4.52 Å². The van der Waals surface area contributed by atoms with Crippen LogP contribution in [0.25, 0.3) is 22.8 Å². The van der Waals surface area contributed by atoms with Gasteiger partial charge in [0.1, 0.15) is 0 Å². The molecule has 0 aliphatic carbocycles. The van der Waals surface area contributed by atoms with E-state index in [-0.39, 0.29) is 0 Å². The Morgan fingerprint density at radius 1 is 1.12 bits per heavy atom. The maximum atomic E-state index is 5.57. The minimum Gasteiger partial charge on any atom is -0.461 e. The van der Waals surface area contributed by atoms with E-state index in [0.29, 0.717) is 11.6 Å². The quantitative estimate of drug-likeness (QED) is 0.386. The van der Waals surface area contributed by atoms with E-state index in [4.69, 9.17) is 19.5 Å². The molecule has 0 saturated carbocycles. The summed E-state index contributed by atoms with van der Waals surface area (Å²) >= 11 is 0. The number of furan rings is 1. The van der Waals surface area contributed by atoms with Crippen LogP contribution in [0.5, 0.6) is 0 Å². The van der Waals surface area contributed by atoms with Gasteiger partial charge in [0.15, 0.2) is 11.4 Å². The largest absolute Gasteiger partial charge is 0.461 e. The Bertz CT molecular complexity index is 1230. The van der Waals surface area contributed by atoms with Crippen molar-refractivity contribution in [3.63, 3.8) is 0 Å². The number of anilines is 1. The van der Waals surface area contributed by atoms with Crippen LogP contribution in [0.3, 0.4) is 0 Å². The first-order chi connectivity index (χ1) is 16.2. The number of aromatic nitrogens is 4. The van der Waals surface area contributed by atoms with Crippen LogP contribution in [0, 0.1) is 0 Å². The van der Waals surface area contributed by atoms with Gasteiger partial charge in [0, 0.05) is 45.0 Å². The second kappa shape index (κ2) is 9.58. The predicted molar refractivity (Wildman–Crippen MR) is 131 cm³/mol. The van der Waals surface area contributed by atoms with Crippen LogP contribution in [0.15, 0.2) is 65.4 Å². The fourth-order valence-electron chi connectivity index (χ4n) is 4.29. The highest BCUT2D eigenvalue weighted by Crippen LogP contribution is 2.26. The molecule has 33 heavy (non-hydrogen) atoms. The van der Waals surface area contributed by atoms with Crippen LogP contribution in [0.4, 0.5) is 5.95 Å². The van der Waals surface area contributed by atoms with E-state index in [9.17, 15) is 0 Å². The normalized spacial score (nSPS) is 14.5. The van der Waals surface area contributed by atoms with Crippen molar-refractivity contribution in [2.24, 2.45) is 0 Å². The molecule has 0 atom stereocenters. The second-order valence-electron chi connectivity index (χ2n) is 8.59. The number of fused-ring (bicyclic) bond motifs is 1. The Hall–Kier alpha value is -3.45. The summed E-state index contributed by atoms with van der Waals surface area (Å²) in [5.74, 6) is 2.06. The Balaban J connectivity index is 1.43. The SMILES string of the molecule is CCCCN(C)c1ncc(CN2CC=C(c3ccccc3)CC2)c2nc(-c3ccco3)nn12. The number of nitrogens with zero attached hydrogens (tertiary/aromatic N) is 6. The maximum Gasteiger partial charge on any atom is 0.228 e. The third-order valence-electron chi connectivity index (χ3n) is 6.18. The average molecular weight is 443 g/mol. The summed E-state index contributed by atoms with van der Waals surface area (Å²) in [5, 5.41) is 4.77. The molecule has 0 N–H and O–H groups in total. The zero-order valence-electron chi connectivity index (χ0n) is 19.3. The molecule has 0 amide bonds. The van der Waals surface area contributed by atoms with Crippen LogP contribution in [-0.2, 0) is 6.54 Å². The summed E-state index contributed by atoms with van der Waals surface area (Å²) in [6, 6.07) is 14.4. The molecular formula is C26H30N6O. The molecule has 5 rings (SSSR count). The molecule has 1 aliphatic heterocycles. The third kappa shape index (κ3) is 4.54. The smallest absolute Gasteiger partial charge is 0.228 e. The molecule has 0 saturated heterocycles. The van der Waals surface area contributed by atoms with Gasteiger partial charge >= 0.3 is 0 Å². The summed E-state index contributed by atoms with van der Waals surface area (Å²) in [4.78, 5) is 14.2. The van der Waals surface area contributed by atoms with Crippen LogP contribution in [-0.4, -0.2) is 51.2 Å². The highest BCUT2D eigenvalue weighted by atomic mass is 16.3. The molecule has 7 heteroatoms. The van der Waals surface area contributed by atoms with Crippen LogP contribution in [0.2, 0.25) is 0 Å². The van der Waals surface area contributed by atoms with Gasteiger partial charge in [0.05, 0.1) is 6.26 Å². The van der Waals surface area contributed by atoms with Gasteiger partial charge in [0.25, 0.3) is 0 Å². The molecule has 4 heterocycles. The van der Waals surface area contributed by atoms with E-state index < -0.39 is 0 Å². The Kier molecular flexibility index (Phi) is 6.21. The lowest BCUT2D eigenvalue weighted by Gasteiger charge is -2.27. The van der Waals surface area contributed by atoms with E-state index in [1.807, 2.05) is 22.8 Å². The highest BCUT2D eigenvalue weighted by molar-refractivity contribution is 5.66. The summed E-state index contributed by atoms with van der Waals surface area (Å²) < 4.78 is 7.44. The summed E-state index contributed by atoms with van der Waals surface area (Å²) in [7, 11) is 2.06. The molecule has 1 aromatic carbocycles. The van der Waals surface area contributed by atoms with Crippen molar-refractivity contribution in [2.75, 3.05) is 31.6 Å². The lowest BCUT2D eigenvalue weighted by Crippen LogP contribution is -2.29. The van der Waals surface area contributed by atoms with Gasteiger partial charge < -0.3 is 9.32 Å². The van der Waals surface area contributed by atoms with Gasteiger partial charge in [-0.3, -0.25) is 4.90 Å². The van der Waals surface area contributed by atoms with Crippen LogP contribution in [0.1, 0.15) is 37.3 Å². The first-order valence-electron chi connectivity index (χ1n) is 11.7. The molecule has 0 radical (unpaired) electrons. The average Bonchev–Trinajstić information content (AvgIpc) is 3.54. The highest BCUT2D eigenvalue weighted by Gasteiger charge is 2.20. The van der Waals surface area contributed by atoms with E-state index in [2.05, 4.69) is 60.2 Å². The molecular weight excluding hydrogens is 412 g/mol. The number of hydrogen-bond acceptors (Lipinski definition) is 6. The van der Waals surface area contributed by atoms with Crippen molar-refractivity contribution < 1.29 is 4.42 Å². The zero-order valence-corrected chi connectivity index (χ0v) is 19.3. The van der Waals surface area contributed by atoms with E-state index in [1.54, 1.807) is 6.26 Å². The van der Waals surface area contributed by atoms with E-state index in [1.165, 1.54) is 11.1 Å². The molecule has 170 valence electrons. The molecule has 4 aromatic rings.